The Balaban J connectivity index is 2.60. The van der Waals surface area contributed by atoms with Crippen molar-refractivity contribution in [2.75, 3.05) is 0 Å². The third-order valence-corrected chi connectivity index (χ3v) is 3.06. The van der Waals surface area contributed by atoms with Crippen molar-refractivity contribution >= 4 is 0 Å². The first-order valence-corrected chi connectivity index (χ1v) is 5.66. The van der Waals surface area contributed by atoms with Gasteiger partial charge in [-0.15, -0.1) is 0 Å². The minimum absolute atomic E-state index is 0.837. The van der Waals surface area contributed by atoms with E-state index in [0.29, 0.717) is 0 Å². The van der Waals surface area contributed by atoms with Crippen LogP contribution in [0.15, 0.2) is 67.3 Å². The van der Waals surface area contributed by atoms with Gasteiger partial charge >= 0.3 is 0 Å². The second-order valence-electron chi connectivity index (χ2n) is 4.15. The molecule has 0 bridgehead atoms. The standard InChI is InChI=1S/C16H16O/c1-3-16(17,14-10-5-4-6-11-14)15-12-8-7-9-13(15)2/h3-12,17H,1H2,2H3. The lowest BCUT2D eigenvalue weighted by atomic mass is 9.84. The summed E-state index contributed by atoms with van der Waals surface area (Å²) >= 11 is 0. The number of aryl methyl sites for hydroxylation is 1. The summed E-state index contributed by atoms with van der Waals surface area (Å²) in [5, 5.41) is 10.8. The van der Waals surface area contributed by atoms with Crippen LogP contribution in [0.5, 0.6) is 0 Å². The summed E-state index contributed by atoms with van der Waals surface area (Å²) in [7, 11) is 0. The minimum atomic E-state index is -1.12. The van der Waals surface area contributed by atoms with Gasteiger partial charge in [0.25, 0.3) is 0 Å². The molecule has 1 nitrogen and oxygen atoms in total. The van der Waals surface area contributed by atoms with Crippen molar-refractivity contribution in [1.29, 1.82) is 0 Å². The Hall–Kier alpha value is -1.86. The molecule has 2 aromatic rings. The first-order chi connectivity index (χ1) is 8.18. The van der Waals surface area contributed by atoms with Crippen molar-refractivity contribution in [2.45, 2.75) is 12.5 Å². The molecular weight excluding hydrogens is 208 g/mol. The molecule has 0 amide bonds. The van der Waals surface area contributed by atoms with Crippen molar-refractivity contribution in [1.82, 2.24) is 0 Å². The number of benzene rings is 2. The van der Waals surface area contributed by atoms with Crippen LogP contribution in [0.25, 0.3) is 0 Å². The molecule has 0 aromatic heterocycles. The molecule has 1 N–H and O–H groups in total. The lowest BCUT2D eigenvalue weighted by molar-refractivity contribution is 0.134. The molecule has 86 valence electrons. The van der Waals surface area contributed by atoms with E-state index in [1.165, 1.54) is 0 Å². The molecule has 1 unspecified atom stereocenters. The Bertz CT molecular complexity index is 516. The van der Waals surface area contributed by atoms with E-state index >= 15 is 0 Å². The van der Waals surface area contributed by atoms with Crippen molar-refractivity contribution in [3.05, 3.63) is 83.9 Å². The van der Waals surface area contributed by atoms with Gasteiger partial charge in [-0.05, 0) is 23.6 Å². The van der Waals surface area contributed by atoms with Crippen molar-refractivity contribution in [2.24, 2.45) is 0 Å². The van der Waals surface area contributed by atoms with Gasteiger partial charge in [-0.2, -0.15) is 0 Å². The highest BCUT2D eigenvalue weighted by Gasteiger charge is 2.28. The minimum Gasteiger partial charge on any atom is -0.377 e. The summed E-state index contributed by atoms with van der Waals surface area (Å²) in [4.78, 5) is 0. The molecule has 0 aliphatic rings. The zero-order valence-electron chi connectivity index (χ0n) is 9.93. The molecule has 0 fully saturated rings. The second-order valence-corrected chi connectivity index (χ2v) is 4.15. The average Bonchev–Trinajstić information content (AvgIpc) is 2.39. The molecule has 0 aliphatic carbocycles. The number of hydrogen-bond donors (Lipinski definition) is 1. The fourth-order valence-corrected chi connectivity index (χ4v) is 2.08. The monoisotopic (exact) mass is 224 g/mol. The van der Waals surface area contributed by atoms with Crippen LogP contribution in [0, 0.1) is 6.92 Å². The van der Waals surface area contributed by atoms with Crippen LogP contribution in [0.3, 0.4) is 0 Å². The molecule has 0 radical (unpaired) electrons. The highest BCUT2D eigenvalue weighted by Crippen LogP contribution is 2.32. The van der Waals surface area contributed by atoms with Gasteiger partial charge in [0.05, 0.1) is 0 Å². The van der Waals surface area contributed by atoms with Gasteiger partial charge in [-0.1, -0.05) is 67.3 Å². The summed E-state index contributed by atoms with van der Waals surface area (Å²) < 4.78 is 0. The Morgan fingerprint density at radius 1 is 1.00 bits per heavy atom. The maximum absolute atomic E-state index is 10.8. The summed E-state index contributed by atoms with van der Waals surface area (Å²) in [6, 6.07) is 17.4. The Morgan fingerprint density at radius 3 is 2.18 bits per heavy atom. The van der Waals surface area contributed by atoms with Crippen LogP contribution < -0.4 is 0 Å². The van der Waals surface area contributed by atoms with Crippen LogP contribution in [-0.4, -0.2) is 5.11 Å². The van der Waals surface area contributed by atoms with E-state index in [2.05, 4.69) is 6.58 Å². The lowest BCUT2D eigenvalue weighted by Crippen LogP contribution is -2.25. The quantitative estimate of drug-likeness (QED) is 0.792. The third kappa shape index (κ3) is 2.02. The smallest absolute Gasteiger partial charge is 0.133 e. The van der Waals surface area contributed by atoms with Gasteiger partial charge in [-0.3, -0.25) is 0 Å². The van der Waals surface area contributed by atoms with E-state index in [-0.39, 0.29) is 0 Å². The van der Waals surface area contributed by atoms with E-state index in [0.717, 1.165) is 16.7 Å². The van der Waals surface area contributed by atoms with Crippen molar-refractivity contribution in [3.8, 4) is 0 Å². The SMILES string of the molecule is C=CC(O)(c1ccccc1)c1ccccc1C. The van der Waals surface area contributed by atoms with E-state index in [1.54, 1.807) is 6.08 Å². The van der Waals surface area contributed by atoms with Gasteiger partial charge in [0, 0.05) is 0 Å². The number of rotatable bonds is 3. The van der Waals surface area contributed by atoms with E-state index in [1.807, 2.05) is 61.5 Å². The Morgan fingerprint density at radius 2 is 1.59 bits per heavy atom. The van der Waals surface area contributed by atoms with Crippen LogP contribution in [0.2, 0.25) is 0 Å². The van der Waals surface area contributed by atoms with Crippen LogP contribution in [-0.2, 0) is 5.60 Å². The van der Waals surface area contributed by atoms with Crippen LogP contribution in [0.1, 0.15) is 16.7 Å². The normalized spacial score (nSPS) is 14.0. The molecule has 0 heterocycles. The molecule has 0 aliphatic heterocycles. The average molecular weight is 224 g/mol. The van der Waals surface area contributed by atoms with Crippen molar-refractivity contribution in [3.63, 3.8) is 0 Å². The second kappa shape index (κ2) is 4.56. The van der Waals surface area contributed by atoms with Gasteiger partial charge in [0.15, 0.2) is 0 Å². The Kier molecular flexibility index (Phi) is 3.12. The molecule has 1 atom stereocenters. The van der Waals surface area contributed by atoms with Gasteiger partial charge < -0.3 is 5.11 Å². The third-order valence-electron chi connectivity index (χ3n) is 3.06. The van der Waals surface area contributed by atoms with Gasteiger partial charge in [0.1, 0.15) is 5.60 Å². The molecule has 2 aromatic carbocycles. The molecule has 0 spiro atoms. The van der Waals surface area contributed by atoms with E-state index in [4.69, 9.17) is 0 Å². The zero-order chi connectivity index (χ0) is 12.3. The molecule has 1 heteroatoms. The highest BCUT2D eigenvalue weighted by atomic mass is 16.3. The topological polar surface area (TPSA) is 20.2 Å². The number of aliphatic hydroxyl groups is 1. The lowest BCUT2D eigenvalue weighted by Gasteiger charge is -2.27. The fourth-order valence-electron chi connectivity index (χ4n) is 2.08. The summed E-state index contributed by atoms with van der Waals surface area (Å²) in [6.45, 7) is 5.77. The van der Waals surface area contributed by atoms with Crippen LogP contribution >= 0.6 is 0 Å². The van der Waals surface area contributed by atoms with Gasteiger partial charge in [0.2, 0.25) is 0 Å². The largest absolute Gasteiger partial charge is 0.377 e. The molecule has 0 saturated heterocycles. The first-order valence-electron chi connectivity index (χ1n) is 5.66. The summed E-state index contributed by atoms with van der Waals surface area (Å²) in [5.74, 6) is 0. The fraction of sp³-hybridized carbons (Fsp3) is 0.125. The molecule has 17 heavy (non-hydrogen) atoms. The van der Waals surface area contributed by atoms with Gasteiger partial charge in [-0.25, -0.2) is 0 Å². The summed E-state index contributed by atoms with van der Waals surface area (Å²) in [6.07, 6.45) is 1.59. The molecule has 2 rings (SSSR count). The van der Waals surface area contributed by atoms with E-state index in [9.17, 15) is 5.11 Å². The predicted molar refractivity (Wildman–Crippen MR) is 70.8 cm³/mol. The molecule has 0 saturated carbocycles. The predicted octanol–water partition coefficient (Wildman–Crippen LogP) is 3.42. The maximum Gasteiger partial charge on any atom is 0.133 e. The van der Waals surface area contributed by atoms with E-state index < -0.39 is 5.60 Å². The highest BCUT2D eigenvalue weighted by molar-refractivity contribution is 5.43. The zero-order valence-corrected chi connectivity index (χ0v) is 9.93. The number of hydrogen-bond acceptors (Lipinski definition) is 1. The Labute approximate surface area is 102 Å². The summed E-state index contributed by atoms with van der Waals surface area (Å²) in [5.41, 5.74) is 1.65. The maximum atomic E-state index is 10.8. The molecular formula is C16H16O. The first kappa shape index (κ1) is 11.6. The van der Waals surface area contributed by atoms with Crippen LogP contribution in [0.4, 0.5) is 0 Å². The van der Waals surface area contributed by atoms with Crippen molar-refractivity contribution < 1.29 is 5.11 Å².